The predicted octanol–water partition coefficient (Wildman–Crippen LogP) is 0.830. The molecule has 6 nitrogen and oxygen atoms in total. The van der Waals surface area contributed by atoms with Crippen molar-refractivity contribution >= 4 is 27.6 Å². The van der Waals surface area contributed by atoms with Crippen LogP contribution in [0, 0.1) is 5.92 Å². The summed E-state index contributed by atoms with van der Waals surface area (Å²) in [6.07, 6.45) is 1.39. The van der Waals surface area contributed by atoms with Gasteiger partial charge in [-0.1, -0.05) is 11.6 Å². The van der Waals surface area contributed by atoms with Crippen molar-refractivity contribution in [3.8, 4) is 0 Å². The summed E-state index contributed by atoms with van der Waals surface area (Å²) < 4.78 is 25.5. The second kappa shape index (κ2) is 4.83. The third kappa shape index (κ3) is 2.47. The molecule has 8 heteroatoms. The fourth-order valence-corrected chi connectivity index (χ4v) is 3.82. The first-order valence-electron chi connectivity index (χ1n) is 5.23. The van der Waals surface area contributed by atoms with E-state index in [0.717, 1.165) is 0 Å². The van der Waals surface area contributed by atoms with Crippen LogP contribution in [0.4, 0.5) is 0 Å². The first kappa shape index (κ1) is 13.3. The van der Waals surface area contributed by atoms with Crippen LogP contribution >= 0.6 is 11.6 Å². The molecule has 1 aromatic rings. The highest BCUT2D eigenvalue weighted by atomic mass is 35.5. The van der Waals surface area contributed by atoms with Crippen molar-refractivity contribution in [2.24, 2.45) is 5.92 Å². The lowest BCUT2D eigenvalue weighted by atomic mass is 10.00. The van der Waals surface area contributed by atoms with Gasteiger partial charge in [0.1, 0.15) is 10.0 Å². The van der Waals surface area contributed by atoms with Gasteiger partial charge in [0.05, 0.1) is 6.42 Å². The Kier molecular flexibility index (Phi) is 3.56. The molecule has 18 heavy (non-hydrogen) atoms. The van der Waals surface area contributed by atoms with E-state index < -0.39 is 16.0 Å². The van der Waals surface area contributed by atoms with Crippen LogP contribution in [0.25, 0.3) is 0 Å². The fraction of sp³-hybridized carbons (Fsp3) is 0.400. The number of aliphatic carboxylic acids is 1. The molecule has 0 aliphatic carbocycles. The Balaban J connectivity index is 2.11. The molecule has 2 heterocycles. The number of hydrogen-bond acceptors (Lipinski definition) is 4. The largest absolute Gasteiger partial charge is 0.481 e. The molecule has 0 saturated carbocycles. The normalized spacial score (nSPS) is 17.4. The highest BCUT2D eigenvalue weighted by molar-refractivity contribution is 7.89. The van der Waals surface area contributed by atoms with E-state index in [-0.39, 0.29) is 35.5 Å². The summed E-state index contributed by atoms with van der Waals surface area (Å²) in [4.78, 5) is 14.2. The second-order valence-electron chi connectivity index (χ2n) is 4.08. The van der Waals surface area contributed by atoms with Crippen LogP contribution < -0.4 is 0 Å². The van der Waals surface area contributed by atoms with E-state index in [4.69, 9.17) is 16.7 Å². The van der Waals surface area contributed by atoms with Crippen LogP contribution in [0.5, 0.6) is 0 Å². The minimum atomic E-state index is -3.66. The molecule has 0 radical (unpaired) electrons. The van der Waals surface area contributed by atoms with Gasteiger partial charge in [0.25, 0.3) is 0 Å². The average Bonchev–Trinajstić information content (AvgIpc) is 2.22. The van der Waals surface area contributed by atoms with Gasteiger partial charge in [-0.2, -0.15) is 4.31 Å². The van der Waals surface area contributed by atoms with Crippen molar-refractivity contribution in [1.82, 2.24) is 9.29 Å². The number of hydrogen-bond donors (Lipinski definition) is 1. The van der Waals surface area contributed by atoms with E-state index in [1.54, 1.807) is 0 Å². The van der Waals surface area contributed by atoms with E-state index in [2.05, 4.69) is 4.98 Å². The van der Waals surface area contributed by atoms with Crippen molar-refractivity contribution < 1.29 is 18.3 Å². The first-order chi connectivity index (χ1) is 8.41. The lowest BCUT2D eigenvalue weighted by Crippen LogP contribution is -2.50. The number of halogens is 1. The summed E-state index contributed by atoms with van der Waals surface area (Å²) in [6.45, 7) is 0.416. The van der Waals surface area contributed by atoms with E-state index in [1.807, 2.05) is 0 Å². The Morgan fingerprint density at radius 3 is 2.78 bits per heavy atom. The molecule has 98 valence electrons. The Bertz CT molecular complexity index is 569. The predicted molar refractivity (Wildman–Crippen MR) is 63.7 cm³/mol. The average molecular weight is 291 g/mol. The molecule has 1 N–H and O–H groups in total. The molecule has 2 rings (SSSR count). The molecular formula is C10H11ClN2O4S. The number of nitrogens with zero attached hydrogens (tertiary/aromatic N) is 2. The van der Waals surface area contributed by atoms with E-state index >= 15 is 0 Å². The van der Waals surface area contributed by atoms with Gasteiger partial charge in [0, 0.05) is 19.3 Å². The third-order valence-corrected chi connectivity index (χ3v) is 5.01. The van der Waals surface area contributed by atoms with Crippen molar-refractivity contribution in [1.29, 1.82) is 0 Å². The first-order valence-corrected chi connectivity index (χ1v) is 7.05. The molecule has 0 unspecified atom stereocenters. The van der Waals surface area contributed by atoms with Crippen LogP contribution in [0.15, 0.2) is 23.2 Å². The smallest absolute Gasteiger partial charge is 0.303 e. The monoisotopic (exact) mass is 290 g/mol. The zero-order valence-electron chi connectivity index (χ0n) is 9.28. The molecule has 0 amide bonds. The zero-order valence-corrected chi connectivity index (χ0v) is 10.9. The maximum absolute atomic E-state index is 12.1. The highest BCUT2D eigenvalue weighted by Crippen LogP contribution is 2.29. The minimum absolute atomic E-state index is 0.0210. The van der Waals surface area contributed by atoms with Crippen molar-refractivity contribution in [3.63, 3.8) is 0 Å². The molecule has 1 fully saturated rings. The maximum atomic E-state index is 12.1. The second-order valence-corrected chi connectivity index (χ2v) is 6.34. The number of carboxylic acids is 1. The quantitative estimate of drug-likeness (QED) is 0.830. The minimum Gasteiger partial charge on any atom is -0.481 e. The van der Waals surface area contributed by atoms with E-state index in [9.17, 15) is 13.2 Å². The molecule has 1 aromatic heterocycles. The van der Waals surface area contributed by atoms with Gasteiger partial charge in [-0.3, -0.25) is 4.79 Å². The van der Waals surface area contributed by atoms with Crippen molar-refractivity contribution in [2.45, 2.75) is 11.3 Å². The molecule has 1 aliphatic rings. The SMILES string of the molecule is O=C(O)CC1CN(S(=O)(=O)c2cccnc2Cl)C1. The summed E-state index contributed by atoms with van der Waals surface area (Å²) >= 11 is 5.74. The summed E-state index contributed by atoms with van der Waals surface area (Å²) in [6, 6.07) is 2.88. The number of aromatic nitrogens is 1. The Morgan fingerprint density at radius 2 is 2.22 bits per heavy atom. The van der Waals surface area contributed by atoms with Crippen LogP contribution in [0.3, 0.4) is 0 Å². The molecule has 0 atom stereocenters. The summed E-state index contributed by atoms with van der Waals surface area (Å²) in [7, 11) is -3.66. The third-order valence-electron chi connectivity index (χ3n) is 2.73. The fourth-order valence-electron chi connectivity index (χ4n) is 1.80. The zero-order chi connectivity index (χ0) is 13.3. The van der Waals surface area contributed by atoms with Gasteiger partial charge >= 0.3 is 5.97 Å². The van der Waals surface area contributed by atoms with Gasteiger partial charge < -0.3 is 5.11 Å². The van der Waals surface area contributed by atoms with Crippen molar-refractivity contribution in [3.05, 3.63) is 23.5 Å². The molecule has 0 spiro atoms. The van der Waals surface area contributed by atoms with E-state index in [1.165, 1.54) is 22.6 Å². The topological polar surface area (TPSA) is 87.6 Å². The van der Waals surface area contributed by atoms with Crippen LogP contribution in [0.2, 0.25) is 5.15 Å². The summed E-state index contributed by atoms with van der Waals surface area (Å²) in [5, 5.41) is 8.53. The molecule has 0 aromatic carbocycles. The van der Waals surface area contributed by atoms with E-state index in [0.29, 0.717) is 0 Å². The number of carboxylic acid groups (broad SMARTS) is 1. The van der Waals surface area contributed by atoms with Gasteiger partial charge in [0.2, 0.25) is 10.0 Å². The van der Waals surface area contributed by atoms with Crippen LogP contribution in [-0.2, 0) is 14.8 Å². The van der Waals surface area contributed by atoms with Crippen LogP contribution in [0.1, 0.15) is 6.42 Å². The van der Waals surface area contributed by atoms with Gasteiger partial charge in [-0.05, 0) is 18.1 Å². The lowest BCUT2D eigenvalue weighted by Gasteiger charge is -2.37. The van der Waals surface area contributed by atoms with Crippen LogP contribution in [-0.4, -0.2) is 41.9 Å². The van der Waals surface area contributed by atoms with Gasteiger partial charge in [-0.15, -0.1) is 0 Å². The Hall–Kier alpha value is -1.18. The molecule has 1 aliphatic heterocycles. The Morgan fingerprint density at radius 1 is 1.56 bits per heavy atom. The molecule has 1 saturated heterocycles. The number of rotatable bonds is 4. The summed E-state index contributed by atoms with van der Waals surface area (Å²) in [5.41, 5.74) is 0. The molecule has 0 bridgehead atoms. The number of carbonyl (C=O) groups is 1. The highest BCUT2D eigenvalue weighted by Gasteiger charge is 2.38. The van der Waals surface area contributed by atoms with Gasteiger partial charge in [0.15, 0.2) is 0 Å². The van der Waals surface area contributed by atoms with Crippen molar-refractivity contribution in [2.75, 3.05) is 13.1 Å². The van der Waals surface area contributed by atoms with Gasteiger partial charge in [-0.25, -0.2) is 13.4 Å². The standard InChI is InChI=1S/C10H11ClN2O4S/c11-10-8(2-1-3-12-10)18(16,17)13-5-7(6-13)4-9(14)15/h1-3,7H,4-6H2,(H,14,15). The number of pyridine rings is 1. The molecular weight excluding hydrogens is 280 g/mol. The summed E-state index contributed by atoms with van der Waals surface area (Å²) in [5.74, 6) is -1.05. The Labute approximate surface area is 109 Å². The number of sulfonamides is 1. The maximum Gasteiger partial charge on any atom is 0.303 e. The lowest BCUT2D eigenvalue weighted by molar-refractivity contribution is -0.139.